The molecule has 0 unspecified atom stereocenters. The van der Waals surface area contributed by atoms with Crippen LogP contribution in [0.25, 0.3) is 0 Å². The van der Waals surface area contributed by atoms with Crippen LogP contribution < -0.4 is 16.0 Å². The van der Waals surface area contributed by atoms with Gasteiger partial charge in [0, 0.05) is 24.0 Å². The highest BCUT2D eigenvalue weighted by Crippen LogP contribution is 2.08. The van der Waals surface area contributed by atoms with Crippen LogP contribution in [0, 0.1) is 6.92 Å². The second-order valence-electron chi connectivity index (χ2n) is 7.30. The van der Waals surface area contributed by atoms with Crippen molar-refractivity contribution in [3.05, 3.63) is 34.0 Å². The average molecular weight is 519 g/mol. The number of aliphatic imine (C=N–C) groups is 1. The lowest BCUT2D eigenvalue weighted by Crippen LogP contribution is -2.48. The summed E-state index contributed by atoms with van der Waals surface area (Å²) in [5.74, 6) is 2.11. The number of guanidine groups is 1. The van der Waals surface area contributed by atoms with Crippen molar-refractivity contribution in [3.63, 3.8) is 0 Å². The number of aromatic nitrogens is 3. The molecule has 0 aliphatic rings. The molecule has 10 heteroatoms. The number of rotatable bonds is 7. The van der Waals surface area contributed by atoms with E-state index in [9.17, 15) is 4.79 Å². The van der Waals surface area contributed by atoms with Crippen molar-refractivity contribution < 1.29 is 4.79 Å². The smallest absolute Gasteiger partial charge is 0.239 e. The van der Waals surface area contributed by atoms with Crippen molar-refractivity contribution in [3.8, 4) is 0 Å². The topological polar surface area (TPSA) is 96.2 Å². The highest BCUT2D eigenvalue weighted by Gasteiger charge is 2.14. The zero-order valence-electron chi connectivity index (χ0n) is 17.1. The van der Waals surface area contributed by atoms with E-state index in [2.05, 4.69) is 42.6 Å². The van der Waals surface area contributed by atoms with E-state index < -0.39 is 0 Å². The van der Waals surface area contributed by atoms with Crippen molar-refractivity contribution in [2.24, 2.45) is 12.0 Å². The van der Waals surface area contributed by atoms with Gasteiger partial charge in [-0.1, -0.05) is 6.07 Å². The summed E-state index contributed by atoms with van der Waals surface area (Å²) in [7, 11) is 1.91. The van der Waals surface area contributed by atoms with Crippen molar-refractivity contribution >= 4 is 47.2 Å². The molecular weight excluding hydrogens is 489 g/mol. The van der Waals surface area contributed by atoms with Gasteiger partial charge in [0.2, 0.25) is 5.91 Å². The first-order valence-corrected chi connectivity index (χ1v) is 9.83. The Morgan fingerprint density at radius 1 is 1.29 bits per heavy atom. The first-order chi connectivity index (χ1) is 12.7. The molecule has 2 heterocycles. The molecule has 28 heavy (non-hydrogen) atoms. The molecular formula is C18H30IN7OS. The Morgan fingerprint density at radius 3 is 2.61 bits per heavy atom. The second-order valence-corrected chi connectivity index (χ2v) is 8.33. The first-order valence-electron chi connectivity index (χ1n) is 8.95. The van der Waals surface area contributed by atoms with Crippen LogP contribution in [0.2, 0.25) is 0 Å². The predicted octanol–water partition coefficient (Wildman–Crippen LogP) is 2.00. The lowest BCUT2D eigenvalue weighted by molar-refractivity contribution is -0.121. The third-order valence-electron chi connectivity index (χ3n) is 3.74. The number of hydrogen-bond acceptors (Lipinski definition) is 5. The molecule has 8 nitrogen and oxygen atoms in total. The molecule has 0 spiro atoms. The van der Waals surface area contributed by atoms with Crippen molar-refractivity contribution in [2.45, 2.75) is 46.2 Å². The monoisotopic (exact) mass is 519 g/mol. The van der Waals surface area contributed by atoms with Crippen molar-refractivity contribution in [1.82, 2.24) is 30.7 Å². The van der Waals surface area contributed by atoms with E-state index in [4.69, 9.17) is 0 Å². The maximum Gasteiger partial charge on any atom is 0.239 e. The van der Waals surface area contributed by atoms with E-state index in [1.165, 1.54) is 4.88 Å². The van der Waals surface area contributed by atoms with Gasteiger partial charge in [0.15, 0.2) is 11.8 Å². The molecule has 2 aromatic heterocycles. The number of carbonyl (C=O) groups is 1. The molecule has 0 saturated carbocycles. The number of thiophene rings is 1. The normalized spacial score (nSPS) is 11.7. The Hall–Kier alpha value is -1.69. The van der Waals surface area contributed by atoms with Gasteiger partial charge in [-0.25, -0.2) is 4.99 Å². The van der Waals surface area contributed by atoms with Gasteiger partial charge in [-0.15, -0.1) is 45.5 Å². The Morgan fingerprint density at radius 2 is 2.04 bits per heavy atom. The number of carbonyl (C=O) groups excluding carboxylic acids is 1. The third kappa shape index (κ3) is 8.55. The summed E-state index contributed by atoms with van der Waals surface area (Å²) in [5.41, 5.74) is -0.265. The zero-order valence-corrected chi connectivity index (χ0v) is 20.2. The molecule has 0 aromatic carbocycles. The molecule has 3 N–H and O–H groups in total. The number of amides is 1. The molecule has 0 radical (unpaired) electrons. The van der Waals surface area contributed by atoms with Crippen LogP contribution in [0.15, 0.2) is 22.5 Å². The van der Waals surface area contributed by atoms with Gasteiger partial charge < -0.3 is 20.5 Å². The van der Waals surface area contributed by atoms with Gasteiger partial charge in [0.05, 0.1) is 6.54 Å². The lowest BCUT2D eigenvalue weighted by Gasteiger charge is -2.21. The van der Waals surface area contributed by atoms with Crippen molar-refractivity contribution in [1.29, 1.82) is 0 Å². The largest absolute Gasteiger partial charge is 0.356 e. The fourth-order valence-corrected chi connectivity index (χ4v) is 3.01. The first kappa shape index (κ1) is 24.3. The highest BCUT2D eigenvalue weighted by atomic mass is 127. The Kier molecular flexibility index (Phi) is 9.87. The zero-order chi connectivity index (χ0) is 19.9. The van der Waals surface area contributed by atoms with Crippen LogP contribution in [-0.4, -0.2) is 45.3 Å². The average Bonchev–Trinajstić information content (AvgIpc) is 3.20. The molecule has 0 atom stereocenters. The van der Waals surface area contributed by atoms with Crippen LogP contribution >= 0.6 is 35.3 Å². The Balaban J connectivity index is 0.00000392. The van der Waals surface area contributed by atoms with E-state index in [1.807, 2.05) is 45.4 Å². The van der Waals surface area contributed by atoms with Gasteiger partial charge in [0.1, 0.15) is 12.4 Å². The summed E-state index contributed by atoms with van der Waals surface area (Å²) in [6, 6.07) is 4.15. The van der Waals surface area contributed by atoms with Gasteiger partial charge in [-0.3, -0.25) is 4.79 Å². The van der Waals surface area contributed by atoms with E-state index >= 15 is 0 Å². The number of nitrogens with one attached hydrogen (secondary N) is 3. The summed E-state index contributed by atoms with van der Waals surface area (Å²) < 4.78 is 1.90. The summed E-state index contributed by atoms with van der Waals surface area (Å²) in [5, 5.41) is 19.5. The summed E-state index contributed by atoms with van der Waals surface area (Å²) in [6.07, 6.45) is 0.898. The number of aryl methyl sites for hydroxylation is 1. The molecule has 2 rings (SSSR count). The van der Waals surface area contributed by atoms with Gasteiger partial charge >= 0.3 is 0 Å². The SMILES string of the molecule is Cc1nnc(CN=C(NCCc2cccs2)NCC(=O)NC(C)(C)C)n1C.I. The lowest BCUT2D eigenvalue weighted by atomic mass is 10.1. The van der Waals surface area contributed by atoms with Crippen molar-refractivity contribution in [2.75, 3.05) is 13.1 Å². The molecule has 0 bridgehead atoms. The molecule has 2 aromatic rings. The van der Waals surface area contributed by atoms with Crippen LogP contribution in [0.4, 0.5) is 0 Å². The Labute approximate surface area is 187 Å². The summed E-state index contributed by atoms with van der Waals surface area (Å²) in [6.45, 7) is 9.02. The fourth-order valence-electron chi connectivity index (χ4n) is 2.30. The maximum absolute atomic E-state index is 12.1. The van der Waals surface area contributed by atoms with E-state index in [1.54, 1.807) is 11.3 Å². The molecule has 0 saturated heterocycles. The molecule has 0 aliphatic heterocycles. The van der Waals surface area contributed by atoms with Gasteiger partial charge in [0.25, 0.3) is 0 Å². The number of halogens is 1. The minimum Gasteiger partial charge on any atom is -0.356 e. The predicted molar refractivity (Wildman–Crippen MR) is 124 cm³/mol. The van der Waals surface area contributed by atoms with E-state index in [-0.39, 0.29) is 42.0 Å². The summed E-state index contributed by atoms with van der Waals surface area (Å²) in [4.78, 5) is 17.9. The van der Waals surface area contributed by atoms with Crippen LogP contribution in [0.3, 0.4) is 0 Å². The van der Waals surface area contributed by atoms with Gasteiger partial charge in [-0.05, 0) is 45.6 Å². The molecule has 0 fully saturated rings. The Bertz CT molecular complexity index is 765. The fraction of sp³-hybridized carbons (Fsp3) is 0.556. The second kappa shape index (κ2) is 11.3. The maximum atomic E-state index is 12.1. The van der Waals surface area contributed by atoms with E-state index in [0.29, 0.717) is 12.5 Å². The molecule has 156 valence electrons. The minimum absolute atomic E-state index is 0. The quantitative estimate of drug-likeness (QED) is 0.296. The van der Waals surface area contributed by atoms with Crippen LogP contribution in [0.5, 0.6) is 0 Å². The van der Waals surface area contributed by atoms with E-state index in [0.717, 1.165) is 24.6 Å². The van der Waals surface area contributed by atoms with Crippen LogP contribution in [-0.2, 0) is 24.8 Å². The number of nitrogens with zero attached hydrogens (tertiary/aromatic N) is 4. The summed E-state index contributed by atoms with van der Waals surface area (Å²) >= 11 is 1.73. The highest BCUT2D eigenvalue weighted by molar-refractivity contribution is 14.0. The standard InChI is InChI=1S/C18H29N7OS.HI/c1-13-23-24-15(25(13)5)11-20-17(19-9-8-14-7-6-10-27-14)21-12-16(26)22-18(2,3)4;/h6-7,10H,8-9,11-12H2,1-5H3,(H,22,26)(H2,19,20,21);1H. The third-order valence-corrected chi connectivity index (χ3v) is 4.67. The van der Waals surface area contributed by atoms with Gasteiger partial charge in [-0.2, -0.15) is 0 Å². The molecule has 1 amide bonds. The molecule has 0 aliphatic carbocycles. The van der Waals surface area contributed by atoms with Crippen LogP contribution in [0.1, 0.15) is 37.3 Å². The number of hydrogen-bond donors (Lipinski definition) is 3. The minimum atomic E-state index is -0.265.